The van der Waals surface area contributed by atoms with Gasteiger partial charge in [-0.1, -0.05) is 58.3 Å². The van der Waals surface area contributed by atoms with Crippen LogP contribution in [0.3, 0.4) is 0 Å². The van der Waals surface area contributed by atoms with Crippen molar-refractivity contribution in [1.82, 2.24) is 25.1 Å². The van der Waals surface area contributed by atoms with Crippen LogP contribution in [0.15, 0.2) is 57.0 Å². The average Bonchev–Trinajstić information content (AvgIpc) is 3.24. The van der Waals surface area contributed by atoms with E-state index in [0.29, 0.717) is 84.0 Å². The first-order chi connectivity index (χ1) is 29.0. The molecule has 0 aliphatic heterocycles. The Bertz CT molecular complexity index is 1700. The first-order valence-electron chi connectivity index (χ1n) is 20.0. The number of hydrogen-bond acceptors (Lipinski definition) is 16. The van der Waals surface area contributed by atoms with Crippen molar-refractivity contribution in [2.75, 3.05) is 65.8 Å². The lowest BCUT2D eigenvalue weighted by molar-refractivity contribution is -0.139. The average molecular weight is 853 g/mol. The third kappa shape index (κ3) is 26.0. The second-order valence-electron chi connectivity index (χ2n) is 12.7. The van der Waals surface area contributed by atoms with Crippen molar-refractivity contribution in [3.63, 3.8) is 0 Å². The molecule has 0 radical (unpaired) electrons. The Labute approximate surface area is 348 Å². The van der Waals surface area contributed by atoms with Gasteiger partial charge in [0.2, 0.25) is 0 Å². The van der Waals surface area contributed by atoms with Gasteiger partial charge in [0.25, 0.3) is 0 Å². The molecule has 0 aromatic carbocycles. The number of rotatable bonds is 33. The molecule has 1 aromatic rings. The van der Waals surface area contributed by atoms with Crippen molar-refractivity contribution < 1.29 is 61.6 Å². The zero-order valence-corrected chi connectivity index (χ0v) is 34.3. The van der Waals surface area contributed by atoms with E-state index in [9.17, 15) is 38.4 Å². The van der Waals surface area contributed by atoms with Crippen LogP contribution >= 0.6 is 0 Å². The van der Waals surface area contributed by atoms with Crippen molar-refractivity contribution in [3.05, 3.63) is 64.7 Å². The van der Waals surface area contributed by atoms with E-state index in [1.54, 1.807) is 0 Å². The number of ether oxygens (including phenoxy) is 6. The summed E-state index contributed by atoms with van der Waals surface area (Å²) in [7, 11) is 0. The summed E-state index contributed by atoms with van der Waals surface area (Å²) in [6.07, 6.45) is 9.13. The molecule has 21 nitrogen and oxygen atoms in total. The maximum atomic E-state index is 13.6. The molecule has 3 amide bonds. The van der Waals surface area contributed by atoms with Crippen LogP contribution in [-0.2, 0) is 55.9 Å². The van der Waals surface area contributed by atoms with Gasteiger partial charge in [0.1, 0.15) is 39.6 Å². The number of carbonyl (C=O) groups excluding carboxylic acids is 6. The molecule has 21 heteroatoms. The molecule has 0 saturated heterocycles. The van der Waals surface area contributed by atoms with Crippen LogP contribution in [0, 0.1) is 0 Å². The van der Waals surface area contributed by atoms with E-state index < -0.39 is 47.6 Å². The van der Waals surface area contributed by atoms with Crippen LogP contribution in [0.25, 0.3) is 0 Å². The molecule has 0 aliphatic rings. The standard InChI is InChI=1S/C39H60N6O15/c1-4-31(46)54-25-28-57-35(49)41-20-14-8-7-13-19-40-34-44(23-17-11-9-15-21-42-36(50)58-29-26-55-32(47)5-2)38(52)45(39(53)60-34)24-18-12-10-16-22-43-37(51)59-30-27-56-33(48)6-3/h4-6H,1-3,7-30H2,(H,41,49)(H,42,50)(H,43,51). The Hall–Kier alpha value is -6.15. The van der Waals surface area contributed by atoms with Gasteiger partial charge in [-0.15, -0.1) is 0 Å². The maximum absolute atomic E-state index is 13.6. The van der Waals surface area contributed by atoms with E-state index in [1.807, 2.05) is 0 Å². The second-order valence-corrected chi connectivity index (χ2v) is 12.7. The van der Waals surface area contributed by atoms with Gasteiger partial charge < -0.3 is 48.8 Å². The van der Waals surface area contributed by atoms with Crippen LogP contribution < -0.4 is 33.1 Å². The second kappa shape index (κ2) is 33.8. The molecule has 0 atom stereocenters. The Morgan fingerprint density at radius 1 is 0.500 bits per heavy atom. The van der Waals surface area contributed by atoms with E-state index in [4.69, 9.17) is 32.8 Å². The van der Waals surface area contributed by atoms with Gasteiger partial charge >= 0.3 is 53.3 Å². The Morgan fingerprint density at radius 3 is 1.25 bits per heavy atom. The van der Waals surface area contributed by atoms with Gasteiger partial charge in [0.15, 0.2) is 0 Å². The Morgan fingerprint density at radius 2 is 0.850 bits per heavy atom. The largest absolute Gasteiger partial charge is 0.459 e. The third-order valence-corrected chi connectivity index (χ3v) is 8.03. The van der Waals surface area contributed by atoms with Crippen LogP contribution in [0.1, 0.15) is 77.0 Å². The highest BCUT2D eigenvalue weighted by atomic mass is 16.6. The fourth-order valence-electron chi connectivity index (χ4n) is 4.98. The fraction of sp³-hybridized carbons (Fsp3) is 0.615. The highest BCUT2D eigenvalue weighted by Gasteiger charge is 2.12. The monoisotopic (exact) mass is 852 g/mol. The normalized spacial score (nSPS) is 10.8. The lowest BCUT2D eigenvalue weighted by Gasteiger charge is -2.10. The van der Waals surface area contributed by atoms with Gasteiger partial charge in [-0.2, -0.15) is 0 Å². The lowest BCUT2D eigenvalue weighted by atomic mass is 10.2. The summed E-state index contributed by atoms with van der Waals surface area (Å²) >= 11 is 0. The number of amides is 3. The molecule has 60 heavy (non-hydrogen) atoms. The van der Waals surface area contributed by atoms with Crippen molar-refractivity contribution in [3.8, 4) is 0 Å². The first kappa shape index (κ1) is 51.9. The van der Waals surface area contributed by atoms with Crippen molar-refractivity contribution in [1.29, 1.82) is 0 Å². The topological polar surface area (TPSA) is 263 Å². The Kier molecular flexibility index (Phi) is 29.2. The van der Waals surface area contributed by atoms with E-state index >= 15 is 0 Å². The molecule has 0 aliphatic carbocycles. The molecule has 1 heterocycles. The third-order valence-electron chi connectivity index (χ3n) is 8.03. The minimum Gasteiger partial charge on any atom is -0.459 e. The summed E-state index contributed by atoms with van der Waals surface area (Å²) in [5, 5.41) is 7.83. The predicted molar refractivity (Wildman–Crippen MR) is 215 cm³/mol. The molecule has 0 fully saturated rings. The summed E-state index contributed by atoms with van der Waals surface area (Å²) in [5.41, 5.74) is -0.599. The van der Waals surface area contributed by atoms with Crippen LogP contribution in [0.5, 0.6) is 0 Å². The smallest absolute Gasteiger partial charge is 0.425 e. The van der Waals surface area contributed by atoms with Gasteiger partial charge in [-0.3, -0.25) is 0 Å². The zero-order valence-electron chi connectivity index (χ0n) is 34.3. The fourth-order valence-corrected chi connectivity index (χ4v) is 4.98. The van der Waals surface area contributed by atoms with Gasteiger partial charge in [0, 0.05) is 57.5 Å². The van der Waals surface area contributed by atoms with Crippen molar-refractivity contribution in [2.24, 2.45) is 4.99 Å². The van der Waals surface area contributed by atoms with Crippen molar-refractivity contribution >= 4 is 36.2 Å². The van der Waals surface area contributed by atoms with Gasteiger partial charge in [-0.05, 0) is 38.5 Å². The molecule has 3 N–H and O–H groups in total. The summed E-state index contributed by atoms with van der Waals surface area (Å²) < 4.78 is 36.9. The zero-order chi connectivity index (χ0) is 44.2. The summed E-state index contributed by atoms with van der Waals surface area (Å²) in [5.74, 6) is -2.64. The molecule has 1 aromatic heterocycles. The molecule has 336 valence electrons. The van der Waals surface area contributed by atoms with E-state index in [0.717, 1.165) is 42.1 Å². The van der Waals surface area contributed by atoms with Crippen LogP contribution in [0.2, 0.25) is 0 Å². The highest BCUT2D eigenvalue weighted by Crippen LogP contribution is 2.03. The van der Waals surface area contributed by atoms with E-state index in [-0.39, 0.29) is 58.4 Å². The summed E-state index contributed by atoms with van der Waals surface area (Å²) in [4.78, 5) is 99.3. The highest BCUT2D eigenvalue weighted by molar-refractivity contribution is 5.81. The number of hydrogen-bond donors (Lipinski definition) is 3. The summed E-state index contributed by atoms with van der Waals surface area (Å²) in [6, 6.07) is 0. The molecule has 1 rings (SSSR count). The van der Waals surface area contributed by atoms with E-state index in [2.05, 4.69) is 40.7 Å². The van der Waals surface area contributed by atoms with Gasteiger partial charge in [0.05, 0.1) is 0 Å². The molecule has 0 bridgehead atoms. The maximum Gasteiger partial charge on any atom is 0.425 e. The molecular weight excluding hydrogens is 792 g/mol. The quantitative estimate of drug-likeness (QED) is 0.0397. The predicted octanol–water partition coefficient (Wildman–Crippen LogP) is 2.55. The number of nitrogens with one attached hydrogen (secondary N) is 3. The number of nitrogens with zero attached hydrogens (tertiary/aromatic N) is 3. The lowest BCUT2D eigenvalue weighted by Crippen LogP contribution is -2.47. The molecule has 0 unspecified atom stereocenters. The molecule has 0 spiro atoms. The Balaban J connectivity index is 2.63. The van der Waals surface area contributed by atoms with E-state index in [1.165, 1.54) is 4.57 Å². The van der Waals surface area contributed by atoms with Gasteiger partial charge in [-0.25, -0.2) is 52.5 Å². The minimum atomic E-state index is -0.813. The SMILES string of the molecule is C=CC(=O)OCCOC(=O)NCCCCCCN=c1oc(=O)n(CCCCCCNC(=O)OCCOC(=O)C=C)c(=O)n1CCCCCCNC(=O)OCCOC(=O)C=C. The first-order valence-corrected chi connectivity index (χ1v) is 20.0. The van der Waals surface area contributed by atoms with Crippen LogP contribution in [0.4, 0.5) is 14.4 Å². The summed E-state index contributed by atoms with van der Waals surface area (Å²) in [6.45, 7) is 11.1. The molecule has 0 saturated carbocycles. The number of alkyl carbamates (subject to hydrolysis) is 3. The van der Waals surface area contributed by atoms with Crippen molar-refractivity contribution in [2.45, 2.75) is 90.1 Å². The number of aromatic nitrogens is 2. The molecular formula is C39H60N6O15. The van der Waals surface area contributed by atoms with Crippen LogP contribution in [-0.4, -0.2) is 111 Å². The number of carbonyl (C=O) groups is 6. The number of esters is 3. The minimum absolute atomic E-state index is 0.0653. The number of unbranched alkanes of at least 4 members (excludes halogenated alkanes) is 9.